The van der Waals surface area contributed by atoms with Crippen molar-refractivity contribution in [1.82, 2.24) is 0 Å². The summed E-state index contributed by atoms with van der Waals surface area (Å²) in [7, 11) is 0. The zero-order chi connectivity index (χ0) is 12.1. The second-order valence-electron chi connectivity index (χ2n) is 4.26. The zero-order valence-electron chi connectivity index (χ0n) is 9.55. The van der Waals surface area contributed by atoms with Crippen molar-refractivity contribution >= 4 is 23.7 Å². The standard InChI is InChI=1S/C11H16O5S/c12-10(15-3-8-1-2-8)6-17-7-11(13)16-5-9-4-14-9/h8-9H,1-7H2. The van der Waals surface area contributed by atoms with E-state index in [0.717, 1.165) is 12.8 Å². The van der Waals surface area contributed by atoms with E-state index in [1.807, 2.05) is 0 Å². The molecule has 0 spiro atoms. The average molecular weight is 260 g/mol. The highest BCUT2D eigenvalue weighted by atomic mass is 32.2. The minimum Gasteiger partial charge on any atom is -0.465 e. The Morgan fingerprint density at radius 1 is 1.12 bits per heavy atom. The van der Waals surface area contributed by atoms with Crippen molar-refractivity contribution < 1.29 is 23.8 Å². The number of epoxide rings is 1. The van der Waals surface area contributed by atoms with Crippen LogP contribution in [0.2, 0.25) is 0 Å². The van der Waals surface area contributed by atoms with Gasteiger partial charge in [-0.3, -0.25) is 9.59 Å². The van der Waals surface area contributed by atoms with Gasteiger partial charge in [0.15, 0.2) is 0 Å². The van der Waals surface area contributed by atoms with Gasteiger partial charge in [-0.1, -0.05) is 0 Å². The summed E-state index contributed by atoms with van der Waals surface area (Å²) in [5, 5.41) is 0. The molecule has 2 fully saturated rings. The predicted octanol–water partition coefficient (Wildman–Crippen LogP) is 0.615. The Hall–Kier alpha value is -0.750. The highest BCUT2D eigenvalue weighted by molar-refractivity contribution is 8.00. The van der Waals surface area contributed by atoms with Crippen LogP contribution < -0.4 is 0 Å². The fourth-order valence-electron chi connectivity index (χ4n) is 1.15. The quantitative estimate of drug-likeness (QED) is 0.471. The van der Waals surface area contributed by atoms with Gasteiger partial charge in [-0.2, -0.15) is 0 Å². The normalized spacial score (nSPS) is 22.0. The van der Waals surface area contributed by atoms with E-state index in [0.29, 0.717) is 25.7 Å². The van der Waals surface area contributed by atoms with Gasteiger partial charge >= 0.3 is 11.9 Å². The van der Waals surface area contributed by atoms with Gasteiger partial charge in [0, 0.05) is 0 Å². The lowest BCUT2D eigenvalue weighted by Crippen LogP contribution is -2.14. The van der Waals surface area contributed by atoms with E-state index in [4.69, 9.17) is 14.2 Å². The van der Waals surface area contributed by atoms with Crippen molar-refractivity contribution in [2.75, 3.05) is 31.3 Å². The molecule has 96 valence electrons. The predicted molar refractivity (Wildman–Crippen MR) is 61.7 cm³/mol. The summed E-state index contributed by atoms with van der Waals surface area (Å²) in [6.07, 6.45) is 2.42. The molecule has 1 heterocycles. The summed E-state index contributed by atoms with van der Waals surface area (Å²) in [5.41, 5.74) is 0. The van der Waals surface area contributed by atoms with Crippen molar-refractivity contribution in [1.29, 1.82) is 0 Å². The zero-order valence-corrected chi connectivity index (χ0v) is 10.4. The summed E-state index contributed by atoms with van der Waals surface area (Å²) in [6, 6.07) is 0. The van der Waals surface area contributed by atoms with E-state index >= 15 is 0 Å². The van der Waals surface area contributed by atoms with Crippen molar-refractivity contribution in [2.24, 2.45) is 5.92 Å². The minimum absolute atomic E-state index is 0.0902. The largest absolute Gasteiger partial charge is 0.465 e. The molecule has 5 nitrogen and oxygen atoms in total. The topological polar surface area (TPSA) is 65.1 Å². The first-order valence-electron chi connectivity index (χ1n) is 5.74. The molecule has 1 unspecified atom stereocenters. The lowest BCUT2D eigenvalue weighted by atomic mass is 10.5. The van der Waals surface area contributed by atoms with Crippen LogP contribution in [0.1, 0.15) is 12.8 Å². The fourth-order valence-corrected chi connectivity index (χ4v) is 1.75. The third-order valence-electron chi connectivity index (χ3n) is 2.45. The van der Waals surface area contributed by atoms with Crippen LogP contribution in [-0.2, 0) is 23.8 Å². The van der Waals surface area contributed by atoms with E-state index in [2.05, 4.69) is 0 Å². The average Bonchev–Trinajstić information content (AvgIpc) is 3.16. The number of ether oxygens (including phenoxy) is 3. The summed E-state index contributed by atoms with van der Waals surface area (Å²) in [6.45, 7) is 1.53. The molecule has 1 saturated heterocycles. The van der Waals surface area contributed by atoms with Gasteiger partial charge in [-0.25, -0.2) is 0 Å². The lowest BCUT2D eigenvalue weighted by Gasteiger charge is -2.04. The van der Waals surface area contributed by atoms with E-state index in [1.165, 1.54) is 11.8 Å². The van der Waals surface area contributed by atoms with Gasteiger partial charge in [0.2, 0.25) is 0 Å². The van der Waals surface area contributed by atoms with Crippen LogP contribution in [0.25, 0.3) is 0 Å². The van der Waals surface area contributed by atoms with Gasteiger partial charge in [0.05, 0.1) is 24.7 Å². The van der Waals surface area contributed by atoms with E-state index in [9.17, 15) is 9.59 Å². The SMILES string of the molecule is O=C(CSCC(=O)OCC1CO1)OCC1CC1. The molecular weight excluding hydrogens is 244 g/mol. The third kappa shape index (κ3) is 5.93. The maximum atomic E-state index is 11.2. The number of hydrogen-bond acceptors (Lipinski definition) is 6. The molecule has 0 aromatic rings. The highest BCUT2D eigenvalue weighted by Gasteiger charge is 2.24. The maximum Gasteiger partial charge on any atom is 0.316 e. The first-order valence-corrected chi connectivity index (χ1v) is 6.90. The van der Waals surface area contributed by atoms with Gasteiger partial charge in [0.25, 0.3) is 0 Å². The van der Waals surface area contributed by atoms with Gasteiger partial charge in [0.1, 0.15) is 12.7 Å². The summed E-state index contributed by atoms with van der Waals surface area (Å²) in [4.78, 5) is 22.4. The van der Waals surface area contributed by atoms with Crippen molar-refractivity contribution in [3.63, 3.8) is 0 Å². The van der Waals surface area contributed by atoms with Crippen molar-refractivity contribution in [3.8, 4) is 0 Å². The Morgan fingerprint density at radius 2 is 1.71 bits per heavy atom. The Balaban J connectivity index is 1.42. The van der Waals surface area contributed by atoms with Crippen LogP contribution in [0.4, 0.5) is 0 Å². The molecule has 17 heavy (non-hydrogen) atoms. The van der Waals surface area contributed by atoms with Gasteiger partial charge in [-0.05, 0) is 18.8 Å². The molecule has 0 aromatic heterocycles. The van der Waals surface area contributed by atoms with Crippen molar-refractivity contribution in [3.05, 3.63) is 0 Å². The molecule has 0 N–H and O–H groups in total. The summed E-state index contributed by atoms with van der Waals surface area (Å²) < 4.78 is 14.8. The van der Waals surface area contributed by atoms with Crippen LogP contribution in [0.5, 0.6) is 0 Å². The molecule has 2 aliphatic rings. The molecule has 6 heteroatoms. The van der Waals surface area contributed by atoms with E-state index in [1.54, 1.807) is 0 Å². The number of carbonyl (C=O) groups excluding carboxylic acids is 2. The molecule has 0 aromatic carbocycles. The van der Waals surface area contributed by atoms with Crippen LogP contribution in [0.3, 0.4) is 0 Å². The third-order valence-corrected chi connectivity index (χ3v) is 3.33. The summed E-state index contributed by atoms with van der Waals surface area (Å²) in [5.74, 6) is 0.417. The smallest absolute Gasteiger partial charge is 0.316 e. The van der Waals surface area contributed by atoms with Crippen LogP contribution in [0.15, 0.2) is 0 Å². The minimum atomic E-state index is -0.305. The monoisotopic (exact) mass is 260 g/mol. The molecule has 2 rings (SSSR count). The second kappa shape index (κ2) is 6.26. The number of hydrogen-bond donors (Lipinski definition) is 0. The lowest BCUT2D eigenvalue weighted by molar-refractivity contribution is -0.141. The highest BCUT2D eigenvalue weighted by Crippen LogP contribution is 2.28. The van der Waals surface area contributed by atoms with E-state index < -0.39 is 0 Å². The molecular formula is C11H16O5S. The molecule has 1 aliphatic heterocycles. The Bertz CT molecular complexity index is 258. The molecule has 0 bridgehead atoms. The van der Waals surface area contributed by atoms with Crippen LogP contribution >= 0.6 is 11.8 Å². The van der Waals surface area contributed by atoms with Gasteiger partial charge < -0.3 is 14.2 Å². The molecule has 1 atom stereocenters. The number of carbonyl (C=O) groups is 2. The van der Waals surface area contributed by atoms with Gasteiger partial charge in [-0.15, -0.1) is 11.8 Å². The number of esters is 2. The Morgan fingerprint density at radius 3 is 2.24 bits per heavy atom. The summed E-state index contributed by atoms with van der Waals surface area (Å²) >= 11 is 1.22. The molecule has 0 radical (unpaired) electrons. The van der Waals surface area contributed by atoms with Crippen molar-refractivity contribution in [2.45, 2.75) is 18.9 Å². The number of thioether (sulfide) groups is 1. The van der Waals surface area contributed by atoms with Crippen LogP contribution in [-0.4, -0.2) is 49.4 Å². The second-order valence-corrected chi connectivity index (χ2v) is 5.24. The maximum absolute atomic E-state index is 11.2. The molecule has 0 amide bonds. The Labute approximate surface area is 104 Å². The van der Waals surface area contributed by atoms with Crippen LogP contribution in [0, 0.1) is 5.92 Å². The first kappa shape index (κ1) is 12.7. The molecule has 1 aliphatic carbocycles. The number of rotatable bonds is 8. The molecule has 1 saturated carbocycles. The Kier molecular flexibility index (Phi) is 4.67. The fraction of sp³-hybridized carbons (Fsp3) is 0.818. The van der Waals surface area contributed by atoms with E-state index in [-0.39, 0.29) is 29.5 Å². The first-order chi connectivity index (χ1) is 8.24.